The second kappa shape index (κ2) is 5.70. The molecule has 0 aliphatic carbocycles. The van der Waals surface area contributed by atoms with Gasteiger partial charge in [-0.2, -0.15) is 0 Å². The minimum atomic E-state index is 0.302. The first-order chi connectivity index (χ1) is 7.18. The van der Waals surface area contributed by atoms with Crippen LogP contribution in [0.2, 0.25) is 0 Å². The monoisotopic (exact) mass is 204 g/mol. The fourth-order valence-electron chi connectivity index (χ4n) is 1.15. The summed E-state index contributed by atoms with van der Waals surface area (Å²) >= 11 is 0. The molecule has 0 radical (unpaired) electrons. The number of hydrogen-bond donors (Lipinski definition) is 3. The lowest BCUT2D eigenvalue weighted by atomic mass is 10.2. The Morgan fingerprint density at radius 3 is 2.53 bits per heavy atom. The van der Waals surface area contributed by atoms with Crippen LogP contribution in [0.25, 0.3) is 0 Å². The van der Waals surface area contributed by atoms with Crippen LogP contribution in [-0.4, -0.2) is 12.5 Å². The lowest BCUT2D eigenvalue weighted by molar-refractivity contribution is 0.941. The van der Waals surface area contributed by atoms with E-state index in [1.165, 1.54) is 5.56 Å². The highest BCUT2D eigenvalue weighted by Crippen LogP contribution is 1.98. The Hall–Kier alpha value is -1.97. The standard InChI is InChI=1S/C11H16N4/c1-9(12)15-11(13)14-8-7-10-5-3-2-4-6-10/h2-6H,1,7-8,12H2,(H3,13,14,15). The van der Waals surface area contributed by atoms with Crippen LogP contribution in [0.15, 0.2) is 47.7 Å². The summed E-state index contributed by atoms with van der Waals surface area (Å²) in [5.41, 5.74) is 12.1. The van der Waals surface area contributed by atoms with Gasteiger partial charge in [-0.25, -0.2) is 0 Å². The first-order valence-corrected chi connectivity index (χ1v) is 4.73. The van der Waals surface area contributed by atoms with E-state index in [4.69, 9.17) is 11.5 Å². The first-order valence-electron chi connectivity index (χ1n) is 4.73. The molecule has 0 amide bonds. The van der Waals surface area contributed by atoms with Crippen LogP contribution in [-0.2, 0) is 6.42 Å². The molecule has 0 atom stereocenters. The molecule has 15 heavy (non-hydrogen) atoms. The molecule has 5 N–H and O–H groups in total. The molecule has 1 aromatic carbocycles. The number of nitrogens with zero attached hydrogens (tertiary/aromatic N) is 1. The van der Waals surface area contributed by atoms with E-state index < -0.39 is 0 Å². The highest BCUT2D eigenvalue weighted by atomic mass is 15.1. The highest BCUT2D eigenvalue weighted by Gasteiger charge is 1.92. The zero-order valence-electron chi connectivity index (χ0n) is 8.61. The van der Waals surface area contributed by atoms with Crippen molar-refractivity contribution >= 4 is 5.96 Å². The van der Waals surface area contributed by atoms with E-state index in [1.807, 2.05) is 18.2 Å². The minimum absolute atomic E-state index is 0.302. The molecule has 1 rings (SSSR count). The number of nitrogens with one attached hydrogen (secondary N) is 1. The summed E-state index contributed by atoms with van der Waals surface area (Å²) in [6.07, 6.45) is 0.861. The number of nitrogens with two attached hydrogens (primary N) is 2. The van der Waals surface area contributed by atoms with Crippen molar-refractivity contribution < 1.29 is 0 Å². The summed E-state index contributed by atoms with van der Waals surface area (Å²) in [7, 11) is 0. The molecule has 80 valence electrons. The third-order valence-corrected chi connectivity index (χ3v) is 1.81. The zero-order chi connectivity index (χ0) is 11.1. The maximum atomic E-state index is 5.54. The fraction of sp³-hybridized carbons (Fsp3) is 0.182. The Morgan fingerprint density at radius 1 is 1.27 bits per heavy atom. The maximum absolute atomic E-state index is 5.54. The van der Waals surface area contributed by atoms with Crippen LogP contribution in [0.1, 0.15) is 5.56 Å². The summed E-state index contributed by atoms with van der Waals surface area (Å²) in [5, 5.41) is 2.64. The Bertz CT molecular complexity index is 343. The van der Waals surface area contributed by atoms with E-state index in [9.17, 15) is 0 Å². The lowest BCUT2D eigenvalue weighted by Crippen LogP contribution is -2.33. The van der Waals surface area contributed by atoms with Gasteiger partial charge in [0.2, 0.25) is 0 Å². The van der Waals surface area contributed by atoms with Gasteiger partial charge in [0, 0.05) is 6.54 Å². The summed E-state index contributed by atoms with van der Waals surface area (Å²) in [6, 6.07) is 10.1. The van der Waals surface area contributed by atoms with E-state index in [0.29, 0.717) is 18.3 Å². The first kappa shape index (κ1) is 11.1. The van der Waals surface area contributed by atoms with Gasteiger partial charge in [-0.1, -0.05) is 36.9 Å². The zero-order valence-corrected chi connectivity index (χ0v) is 8.61. The van der Waals surface area contributed by atoms with Gasteiger partial charge in [0.15, 0.2) is 5.96 Å². The lowest BCUT2D eigenvalue weighted by Gasteiger charge is -2.03. The molecule has 0 aliphatic heterocycles. The van der Waals surface area contributed by atoms with Crippen LogP contribution in [0.3, 0.4) is 0 Å². The number of hydrogen-bond acceptors (Lipinski definition) is 2. The van der Waals surface area contributed by atoms with Gasteiger partial charge in [0.1, 0.15) is 0 Å². The molecule has 0 aliphatic rings. The van der Waals surface area contributed by atoms with Crippen LogP contribution in [0, 0.1) is 0 Å². The Morgan fingerprint density at radius 2 is 1.93 bits per heavy atom. The van der Waals surface area contributed by atoms with E-state index in [2.05, 4.69) is 29.0 Å². The van der Waals surface area contributed by atoms with Crippen molar-refractivity contribution in [2.45, 2.75) is 6.42 Å². The number of rotatable bonds is 4. The van der Waals surface area contributed by atoms with Crippen molar-refractivity contribution in [1.82, 2.24) is 5.32 Å². The second-order valence-electron chi connectivity index (χ2n) is 3.15. The van der Waals surface area contributed by atoms with Crippen LogP contribution < -0.4 is 16.8 Å². The van der Waals surface area contributed by atoms with Gasteiger partial charge in [-0.3, -0.25) is 4.99 Å². The molecule has 0 bridgehead atoms. The third-order valence-electron chi connectivity index (χ3n) is 1.81. The van der Waals surface area contributed by atoms with Crippen LogP contribution >= 0.6 is 0 Å². The molecule has 1 aromatic rings. The van der Waals surface area contributed by atoms with Crippen molar-refractivity contribution in [2.24, 2.45) is 16.5 Å². The van der Waals surface area contributed by atoms with Crippen molar-refractivity contribution in [3.63, 3.8) is 0 Å². The van der Waals surface area contributed by atoms with Gasteiger partial charge in [0.05, 0.1) is 5.82 Å². The SMILES string of the molecule is C=C(N)NC(N)=NCCc1ccccc1. The minimum Gasteiger partial charge on any atom is -0.386 e. The molecule has 0 spiro atoms. The van der Waals surface area contributed by atoms with Crippen LogP contribution in [0.5, 0.6) is 0 Å². The van der Waals surface area contributed by atoms with Gasteiger partial charge in [-0.15, -0.1) is 0 Å². The van der Waals surface area contributed by atoms with Crippen molar-refractivity contribution in [2.75, 3.05) is 6.54 Å². The number of aliphatic imine (C=N–C) groups is 1. The molecule has 0 saturated heterocycles. The second-order valence-corrected chi connectivity index (χ2v) is 3.15. The molecule has 0 heterocycles. The quantitative estimate of drug-likeness (QED) is 0.495. The van der Waals surface area contributed by atoms with Crippen molar-refractivity contribution in [1.29, 1.82) is 0 Å². The van der Waals surface area contributed by atoms with Gasteiger partial charge >= 0.3 is 0 Å². The predicted molar refractivity (Wildman–Crippen MR) is 63.1 cm³/mol. The molecular weight excluding hydrogens is 188 g/mol. The third kappa shape index (κ3) is 4.71. The largest absolute Gasteiger partial charge is 0.386 e. The van der Waals surface area contributed by atoms with Crippen LogP contribution in [0.4, 0.5) is 0 Å². The molecule has 0 unspecified atom stereocenters. The van der Waals surface area contributed by atoms with E-state index in [-0.39, 0.29) is 0 Å². The van der Waals surface area contributed by atoms with Gasteiger partial charge in [-0.05, 0) is 12.0 Å². The van der Waals surface area contributed by atoms with Gasteiger partial charge < -0.3 is 16.8 Å². The number of benzene rings is 1. The Balaban J connectivity index is 2.35. The highest BCUT2D eigenvalue weighted by molar-refractivity contribution is 5.79. The number of guanidine groups is 1. The molecule has 0 aromatic heterocycles. The maximum Gasteiger partial charge on any atom is 0.194 e. The summed E-state index contributed by atoms with van der Waals surface area (Å²) in [4.78, 5) is 4.10. The Labute approximate surface area is 89.7 Å². The smallest absolute Gasteiger partial charge is 0.194 e. The van der Waals surface area contributed by atoms with E-state index in [1.54, 1.807) is 0 Å². The van der Waals surface area contributed by atoms with Gasteiger partial charge in [0.25, 0.3) is 0 Å². The summed E-state index contributed by atoms with van der Waals surface area (Å²) in [6.45, 7) is 4.10. The summed E-state index contributed by atoms with van der Waals surface area (Å²) in [5.74, 6) is 0.606. The summed E-state index contributed by atoms with van der Waals surface area (Å²) < 4.78 is 0. The average Bonchev–Trinajstić information content (AvgIpc) is 2.18. The molecule has 0 saturated carbocycles. The Kier molecular flexibility index (Phi) is 4.22. The van der Waals surface area contributed by atoms with Crippen molar-refractivity contribution in [3.05, 3.63) is 48.3 Å². The fourth-order valence-corrected chi connectivity index (χ4v) is 1.15. The molecule has 4 nitrogen and oxygen atoms in total. The molecular formula is C11H16N4. The molecule has 4 heteroatoms. The van der Waals surface area contributed by atoms with Crippen molar-refractivity contribution in [3.8, 4) is 0 Å². The average molecular weight is 204 g/mol. The topological polar surface area (TPSA) is 76.4 Å². The van der Waals surface area contributed by atoms with E-state index in [0.717, 1.165) is 6.42 Å². The normalized spacial score (nSPS) is 11.1. The predicted octanol–water partition coefficient (Wildman–Crippen LogP) is 0.563. The molecule has 0 fully saturated rings. The van der Waals surface area contributed by atoms with E-state index >= 15 is 0 Å².